The van der Waals surface area contributed by atoms with Crippen molar-refractivity contribution < 1.29 is 14.1 Å². The lowest BCUT2D eigenvalue weighted by molar-refractivity contribution is -0.116. The Balaban J connectivity index is 1.24. The lowest BCUT2D eigenvalue weighted by atomic mass is 10.1. The molecule has 1 N–H and O–H groups in total. The van der Waals surface area contributed by atoms with Crippen LogP contribution in [0, 0.1) is 6.92 Å². The number of nitrogens with zero attached hydrogens (tertiary/aromatic N) is 4. The molecule has 5 rings (SSSR count). The van der Waals surface area contributed by atoms with Gasteiger partial charge in [0, 0.05) is 17.8 Å². The van der Waals surface area contributed by atoms with E-state index in [1.54, 1.807) is 30.0 Å². The molecule has 0 atom stereocenters. The molecule has 11 heteroatoms. The molecule has 4 aromatic rings. The van der Waals surface area contributed by atoms with Crippen molar-refractivity contribution in [3.8, 4) is 11.3 Å². The van der Waals surface area contributed by atoms with Gasteiger partial charge >= 0.3 is 0 Å². The SMILES string of the molecule is Cc1onc(-c2ccccc2Cl)c1C(=O)Nc1nnc(SCC(=O)N2CCc3ccccc32)s1. The van der Waals surface area contributed by atoms with Gasteiger partial charge in [0.1, 0.15) is 17.0 Å². The van der Waals surface area contributed by atoms with Crippen molar-refractivity contribution >= 4 is 57.3 Å². The molecule has 1 aliphatic rings. The standard InChI is InChI=1S/C23H18ClN5O3S2/c1-13-19(20(28-32-13)15-7-3-4-8-16(15)24)21(31)25-22-26-27-23(34-22)33-12-18(30)29-11-10-14-6-2-5-9-17(14)29/h2-9H,10-12H2,1H3,(H,25,26,31). The summed E-state index contributed by atoms with van der Waals surface area (Å²) in [6.45, 7) is 2.34. The van der Waals surface area contributed by atoms with Crippen LogP contribution in [0.3, 0.4) is 0 Å². The number of aromatic nitrogens is 3. The highest BCUT2D eigenvalue weighted by Gasteiger charge is 2.26. The molecule has 0 saturated carbocycles. The number of carbonyl (C=O) groups is 2. The van der Waals surface area contributed by atoms with Crippen molar-refractivity contribution in [2.24, 2.45) is 0 Å². The van der Waals surface area contributed by atoms with E-state index < -0.39 is 5.91 Å². The Hall–Kier alpha value is -3.21. The fourth-order valence-electron chi connectivity index (χ4n) is 3.75. The highest BCUT2D eigenvalue weighted by molar-refractivity contribution is 8.01. The zero-order chi connectivity index (χ0) is 23.7. The summed E-state index contributed by atoms with van der Waals surface area (Å²) in [7, 11) is 0. The van der Waals surface area contributed by atoms with Gasteiger partial charge in [-0.1, -0.05) is 76.3 Å². The Morgan fingerprint density at radius 2 is 1.97 bits per heavy atom. The number of aryl methyl sites for hydroxylation is 1. The third-order valence-corrected chi connectivity index (χ3v) is 7.64. The molecule has 0 saturated heterocycles. The smallest absolute Gasteiger partial charge is 0.263 e. The molecule has 2 aromatic carbocycles. The molecular formula is C23H18ClN5O3S2. The Bertz CT molecular complexity index is 1390. The summed E-state index contributed by atoms with van der Waals surface area (Å²) in [6, 6.07) is 15.0. The van der Waals surface area contributed by atoms with Crippen LogP contribution in [-0.2, 0) is 11.2 Å². The van der Waals surface area contributed by atoms with E-state index in [4.69, 9.17) is 16.1 Å². The first-order chi connectivity index (χ1) is 16.5. The molecule has 0 spiro atoms. The van der Waals surface area contributed by atoms with E-state index in [-0.39, 0.29) is 17.2 Å². The third kappa shape index (κ3) is 4.44. The van der Waals surface area contributed by atoms with Crippen molar-refractivity contribution in [1.29, 1.82) is 0 Å². The molecule has 0 unspecified atom stereocenters. The highest BCUT2D eigenvalue weighted by Crippen LogP contribution is 2.33. The normalized spacial score (nSPS) is 12.6. The molecule has 0 aliphatic carbocycles. The molecule has 8 nitrogen and oxygen atoms in total. The van der Waals surface area contributed by atoms with E-state index in [9.17, 15) is 9.59 Å². The maximum atomic E-state index is 13.0. The van der Waals surface area contributed by atoms with E-state index >= 15 is 0 Å². The van der Waals surface area contributed by atoms with E-state index in [0.717, 1.165) is 12.1 Å². The molecule has 172 valence electrons. The van der Waals surface area contributed by atoms with Gasteiger partial charge in [-0.05, 0) is 31.0 Å². The van der Waals surface area contributed by atoms with Crippen molar-refractivity contribution in [2.75, 3.05) is 22.5 Å². The number of fused-ring (bicyclic) bond motifs is 1. The molecule has 2 amide bonds. The summed E-state index contributed by atoms with van der Waals surface area (Å²) < 4.78 is 5.85. The second-order valence-electron chi connectivity index (χ2n) is 7.48. The monoisotopic (exact) mass is 511 g/mol. The lowest BCUT2D eigenvalue weighted by Gasteiger charge is -2.16. The Kier molecular flexibility index (Phi) is 6.36. The van der Waals surface area contributed by atoms with Crippen LogP contribution in [0.5, 0.6) is 0 Å². The predicted molar refractivity (Wildman–Crippen MR) is 133 cm³/mol. The third-order valence-electron chi connectivity index (χ3n) is 5.35. The molecular weight excluding hydrogens is 494 g/mol. The number of hydrogen-bond donors (Lipinski definition) is 1. The van der Waals surface area contributed by atoms with Crippen LogP contribution >= 0.6 is 34.7 Å². The second kappa shape index (κ2) is 9.57. The van der Waals surface area contributed by atoms with Gasteiger partial charge in [0.25, 0.3) is 5.91 Å². The zero-order valence-corrected chi connectivity index (χ0v) is 20.3. The Morgan fingerprint density at radius 3 is 2.82 bits per heavy atom. The minimum absolute atomic E-state index is 0.0141. The Morgan fingerprint density at radius 1 is 1.18 bits per heavy atom. The van der Waals surface area contributed by atoms with E-state index in [1.807, 2.05) is 30.3 Å². The number of carbonyl (C=O) groups excluding carboxylic acids is 2. The van der Waals surface area contributed by atoms with Gasteiger partial charge in [-0.25, -0.2) is 0 Å². The summed E-state index contributed by atoms with van der Waals surface area (Å²) in [4.78, 5) is 27.5. The second-order valence-corrected chi connectivity index (χ2v) is 10.1. The van der Waals surface area contributed by atoms with Crippen molar-refractivity contribution in [3.63, 3.8) is 0 Å². The van der Waals surface area contributed by atoms with Crippen LogP contribution in [0.2, 0.25) is 5.02 Å². The van der Waals surface area contributed by atoms with Gasteiger partial charge in [0.15, 0.2) is 4.34 Å². The van der Waals surface area contributed by atoms with Crippen LogP contribution in [0.1, 0.15) is 21.7 Å². The molecule has 0 bridgehead atoms. The number of anilines is 2. The first kappa shape index (κ1) is 22.6. The molecule has 0 radical (unpaired) electrons. The van der Waals surface area contributed by atoms with Crippen LogP contribution in [0.25, 0.3) is 11.3 Å². The van der Waals surface area contributed by atoms with E-state index in [1.165, 1.54) is 28.7 Å². The van der Waals surface area contributed by atoms with Gasteiger partial charge in [0.2, 0.25) is 11.0 Å². The number of hydrogen-bond acceptors (Lipinski definition) is 8. The van der Waals surface area contributed by atoms with E-state index in [0.29, 0.717) is 38.1 Å². The fraction of sp³-hybridized carbons (Fsp3) is 0.174. The molecule has 0 fully saturated rings. The van der Waals surface area contributed by atoms with Crippen LogP contribution in [-0.4, -0.2) is 39.5 Å². The number of amides is 2. The quantitative estimate of drug-likeness (QED) is 0.284. The van der Waals surface area contributed by atoms with Crippen LogP contribution in [0.4, 0.5) is 10.8 Å². The number of nitrogens with one attached hydrogen (secondary N) is 1. The molecule has 1 aliphatic heterocycles. The van der Waals surface area contributed by atoms with Crippen molar-refractivity contribution in [1.82, 2.24) is 15.4 Å². The summed E-state index contributed by atoms with van der Waals surface area (Å²) in [5.41, 5.74) is 3.39. The van der Waals surface area contributed by atoms with Gasteiger partial charge in [-0.15, -0.1) is 10.2 Å². The number of para-hydroxylation sites is 1. The predicted octanol–water partition coefficient (Wildman–Crippen LogP) is 5.09. The number of thioether (sulfide) groups is 1. The lowest BCUT2D eigenvalue weighted by Crippen LogP contribution is -2.30. The van der Waals surface area contributed by atoms with Gasteiger partial charge in [-0.2, -0.15) is 0 Å². The molecule has 2 aromatic heterocycles. The van der Waals surface area contributed by atoms with E-state index in [2.05, 4.69) is 20.7 Å². The molecule has 34 heavy (non-hydrogen) atoms. The highest BCUT2D eigenvalue weighted by atomic mass is 35.5. The number of halogens is 1. The molecule has 3 heterocycles. The average molecular weight is 512 g/mol. The summed E-state index contributed by atoms with van der Waals surface area (Å²) in [5, 5.41) is 15.7. The first-order valence-electron chi connectivity index (χ1n) is 10.4. The Labute approximate surface area is 208 Å². The maximum Gasteiger partial charge on any atom is 0.263 e. The summed E-state index contributed by atoms with van der Waals surface area (Å²) in [5.74, 6) is 0.188. The number of benzene rings is 2. The average Bonchev–Trinajstić information content (AvgIpc) is 3.56. The minimum atomic E-state index is -0.425. The zero-order valence-electron chi connectivity index (χ0n) is 17.9. The van der Waals surface area contributed by atoms with Crippen LogP contribution < -0.4 is 10.2 Å². The summed E-state index contributed by atoms with van der Waals surface area (Å²) in [6.07, 6.45) is 0.861. The van der Waals surface area contributed by atoms with Gasteiger partial charge < -0.3 is 9.42 Å². The maximum absolute atomic E-state index is 13.0. The van der Waals surface area contributed by atoms with Crippen LogP contribution in [0.15, 0.2) is 57.4 Å². The van der Waals surface area contributed by atoms with Gasteiger partial charge in [0.05, 0.1) is 10.8 Å². The summed E-state index contributed by atoms with van der Waals surface area (Å²) >= 11 is 8.77. The largest absolute Gasteiger partial charge is 0.360 e. The minimum Gasteiger partial charge on any atom is -0.360 e. The number of rotatable bonds is 6. The van der Waals surface area contributed by atoms with Gasteiger partial charge in [-0.3, -0.25) is 14.9 Å². The van der Waals surface area contributed by atoms with Crippen molar-refractivity contribution in [3.05, 3.63) is 70.4 Å². The topological polar surface area (TPSA) is 101 Å². The first-order valence-corrected chi connectivity index (χ1v) is 12.6. The van der Waals surface area contributed by atoms with Crippen molar-refractivity contribution in [2.45, 2.75) is 17.7 Å². The fourth-order valence-corrected chi connectivity index (χ4v) is 5.60.